The largest absolute Gasteiger partial charge is 0.490 e. The molecule has 18 heavy (non-hydrogen) atoms. The van der Waals surface area contributed by atoms with Gasteiger partial charge in [0.05, 0.1) is 24.0 Å². The Bertz CT molecular complexity index is 591. The van der Waals surface area contributed by atoms with Crippen molar-refractivity contribution in [1.82, 2.24) is 10.2 Å². The van der Waals surface area contributed by atoms with Crippen molar-refractivity contribution >= 4 is 11.6 Å². The van der Waals surface area contributed by atoms with Crippen LogP contribution in [0.2, 0.25) is 0 Å². The lowest BCUT2D eigenvalue weighted by Gasteiger charge is -2.29. The molecule has 0 bridgehead atoms. The highest BCUT2D eigenvalue weighted by Crippen LogP contribution is 2.32. The standard InChI is InChI=1S/C13H13N3O2/c1-9-10(8-14-15-9)13(17)16-6-7-18-12-5-3-2-4-11(12)16/h2-5,8H,6-7H2,1H3,(H,14,15). The van der Waals surface area contributed by atoms with Gasteiger partial charge in [-0.25, -0.2) is 0 Å². The van der Waals surface area contributed by atoms with E-state index in [9.17, 15) is 4.79 Å². The summed E-state index contributed by atoms with van der Waals surface area (Å²) < 4.78 is 5.53. The van der Waals surface area contributed by atoms with E-state index < -0.39 is 0 Å². The summed E-state index contributed by atoms with van der Waals surface area (Å²) in [7, 11) is 0. The number of aromatic nitrogens is 2. The van der Waals surface area contributed by atoms with E-state index in [1.807, 2.05) is 31.2 Å². The van der Waals surface area contributed by atoms with E-state index in [-0.39, 0.29) is 5.91 Å². The van der Waals surface area contributed by atoms with E-state index >= 15 is 0 Å². The van der Waals surface area contributed by atoms with Gasteiger partial charge in [0.25, 0.3) is 5.91 Å². The summed E-state index contributed by atoms with van der Waals surface area (Å²) >= 11 is 0. The highest BCUT2D eigenvalue weighted by molar-refractivity contribution is 6.07. The van der Waals surface area contributed by atoms with Crippen molar-refractivity contribution < 1.29 is 9.53 Å². The molecule has 1 aliphatic heterocycles. The smallest absolute Gasteiger partial charge is 0.261 e. The predicted molar refractivity (Wildman–Crippen MR) is 66.9 cm³/mol. The van der Waals surface area contributed by atoms with Gasteiger partial charge in [0.15, 0.2) is 0 Å². The second kappa shape index (κ2) is 4.18. The molecule has 0 spiro atoms. The number of benzene rings is 1. The fourth-order valence-corrected chi connectivity index (χ4v) is 2.09. The van der Waals surface area contributed by atoms with E-state index in [1.165, 1.54) is 0 Å². The van der Waals surface area contributed by atoms with Crippen LogP contribution in [0.5, 0.6) is 5.75 Å². The normalized spacial score (nSPS) is 13.9. The number of H-pyrrole nitrogens is 1. The molecule has 1 amide bonds. The number of aromatic amines is 1. The third-order valence-corrected chi connectivity index (χ3v) is 3.03. The van der Waals surface area contributed by atoms with E-state index in [0.717, 1.165) is 17.1 Å². The maximum atomic E-state index is 12.5. The van der Waals surface area contributed by atoms with Gasteiger partial charge in [0.2, 0.25) is 0 Å². The molecule has 1 aliphatic rings. The van der Waals surface area contributed by atoms with Gasteiger partial charge in [-0.2, -0.15) is 5.10 Å². The molecule has 1 N–H and O–H groups in total. The number of para-hydroxylation sites is 2. The van der Waals surface area contributed by atoms with Crippen LogP contribution >= 0.6 is 0 Å². The van der Waals surface area contributed by atoms with E-state index in [0.29, 0.717) is 18.7 Å². The number of carbonyl (C=O) groups is 1. The summed E-state index contributed by atoms with van der Waals surface area (Å²) in [6.07, 6.45) is 1.57. The maximum Gasteiger partial charge on any atom is 0.261 e. The molecule has 3 rings (SSSR count). The van der Waals surface area contributed by atoms with Crippen LogP contribution in [0.4, 0.5) is 5.69 Å². The van der Waals surface area contributed by atoms with Gasteiger partial charge in [0, 0.05) is 5.69 Å². The summed E-state index contributed by atoms with van der Waals surface area (Å²) in [4.78, 5) is 14.2. The molecule has 2 heterocycles. The van der Waals surface area contributed by atoms with Crippen molar-refractivity contribution in [2.24, 2.45) is 0 Å². The van der Waals surface area contributed by atoms with Crippen molar-refractivity contribution in [3.8, 4) is 5.75 Å². The van der Waals surface area contributed by atoms with Crippen LogP contribution in [0.1, 0.15) is 16.1 Å². The Morgan fingerprint density at radius 2 is 2.28 bits per heavy atom. The lowest BCUT2D eigenvalue weighted by Crippen LogP contribution is -2.38. The van der Waals surface area contributed by atoms with E-state index in [4.69, 9.17) is 4.74 Å². The van der Waals surface area contributed by atoms with E-state index in [2.05, 4.69) is 10.2 Å². The van der Waals surface area contributed by atoms with Gasteiger partial charge in [-0.1, -0.05) is 12.1 Å². The molecular weight excluding hydrogens is 230 g/mol. The third-order valence-electron chi connectivity index (χ3n) is 3.03. The Morgan fingerprint density at radius 1 is 1.44 bits per heavy atom. The van der Waals surface area contributed by atoms with Crippen molar-refractivity contribution in [2.45, 2.75) is 6.92 Å². The zero-order valence-corrected chi connectivity index (χ0v) is 10.0. The minimum atomic E-state index is -0.0444. The molecule has 0 fully saturated rings. The van der Waals surface area contributed by atoms with Gasteiger partial charge in [-0.3, -0.25) is 9.89 Å². The van der Waals surface area contributed by atoms with Crippen LogP contribution < -0.4 is 9.64 Å². The first kappa shape index (κ1) is 10.8. The number of hydrogen-bond donors (Lipinski definition) is 1. The number of aryl methyl sites for hydroxylation is 1. The van der Waals surface area contributed by atoms with Crippen LogP contribution in [0.15, 0.2) is 30.5 Å². The summed E-state index contributed by atoms with van der Waals surface area (Å²) in [6, 6.07) is 7.56. The molecule has 5 nitrogen and oxygen atoms in total. The van der Waals surface area contributed by atoms with E-state index in [1.54, 1.807) is 11.1 Å². The lowest BCUT2D eigenvalue weighted by molar-refractivity contribution is 0.0976. The predicted octanol–water partition coefficient (Wildman–Crippen LogP) is 1.76. The molecule has 2 aromatic rings. The van der Waals surface area contributed by atoms with Crippen molar-refractivity contribution in [3.05, 3.63) is 41.7 Å². The highest BCUT2D eigenvalue weighted by Gasteiger charge is 2.25. The summed E-state index contributed by atoms with van der Waals surface area (Å²) in [5, 5.41) is 6.67. The number of ether oxygens (including phenoxy) is 1. The van der Waals surface area contributed by atoms with Crippen molar-refractivity contribution in [2.75, 3.05) is 18.1 Å². The number of amides is 1. The minimum absolute atomic E-state index is 0.0444. The molecule has 0 unspecified atom stereocenters. The Morgan fingerprint density at radius 3 is 3.06 bits per heavy atom. The number of anilines is 1. The third kappa shape index (κ3) is 1.64. The average molecular weight is 243 g/mol. The quantitative estimate of drug-likeness (QED) is 0.830. The molecule has 0 atom stereocenters. The van der Waals surface area contributed by atoms with Crippen LogP contribution in [0.3, 0.4) is 0 Å². The average Bonchev–Trinajstić information content (AvgIpc) is 2.83. The first-order valence-electron chi connectivity index (χ1n) is 5.81. The second-order valence-electron chi connectivity index (χ2n) is 4.18. The summed E-state index contributed by atoms with van der Waals surface area (Å²) in [5.74, 6) is 0.704. The van der Waals surface area contributed by atoms with Crippen molar-refractivity contribution in [3.63, 3.8) is 0 Å². The molecule has 0 saturated heterocycles. The Kier molecular flexibility index (Phi) is 2.51. The zero-order valence-electron chi connectivity index (χ0n) is 10.0. The van der Waals surface area contributed by atoms with Crippen LogP contribution in [0, 0.1) is 6.92 Å². The molecular formula is C13H13N3O2. The van der Waals surface area contributed by atoms with Gasteiger partial charge in [0.1, 0.15) is 12.4 Å². The lowest BCUT2D eigenvalue weighted by atomic mass is 10.2. The topological polar surface area (TPSA) is 58.2 Å². The first-order chi connectivity index (χ1) is 8.77. The number of carbonyl (C=O) groups excluding carboxylic acids is 1. The SMILES string of the molecule is Cc1[nH]ncc1C(=O)N1CCOc2ccccc21. The maximum absolute atomic E-state index is 12.5. The molecule has 0 saturated carbocycles. The number of rotatable bonds is 1. The molecule has 1 aromatic carbocycles. The molecule has 0 radical (unpaired) electrons. The Labute approximate surface area is 104 Å². The van der Waals surface area contributed by atoms with Crippen molar-refractivity contribution in [1.29, 1.82) is 0 Å². The van der Waals surface area contributed by atoms with Crippen LogP contribution in [0.25, 0.3) is 0 Å². The van der Waals surface area contributed by atoms with Crippen LogP contribution in [-0.4, -0.2) is 29.3 Å². The first-order valence-corrected chi connectivity index (χ1v) is 5.81. The van der Waals surface area contributed by atoms with Gasteiger partial charge < -0.3 is 9.64 Å². The zero-order chi connectivity index (χ0) is 12.5. The molecule has 5 heteroatoms. The van der Waals surface area contributed by atoms with Gasteiger partial charge >= 0.3 is 0 Å². The fraction of sp³-hybridized carbons (Fsp3) is 0.231. The van der Waals surface area contributed by atoms with Crippen LogP contribution in [-0.2, 0) is 0 Å². The summed E-state index contributed by atoms with van der Waals surface area (Å²) in [5.41, 5.74) is 2.20. The minimum Gasteiger partial charge on any atom is -0.490 e. The number of fused-ring (bicyclic) bond motifs is 1. The van der Waals surface area contributed by atoms with Gasteiger partial charge in [-0.15, -0.1) is 0 Å². The Hall–Kier alpha value is -2.30. The monoisotopic (exact) mass is 243 g/mol. The number of nitrogens with one attached hydrogen (secondary N) is 1. The molecule has 92 valence electrons. The second-order valence-corrected chi connectivity index (χ2v) is 4.18. The molecule has 0 aliphatic carbocycles. The number of hydrogen-bond acceptors (Lipinski definition) is 3. The molecule has 1 aromatic heterocycles. The Balaban J connectivity index is 2.00. The highest BCUT2D eigenvalue weighted by atomic mass is 16.5. The number of nitrogens with zero attached hydrogens (tertiary/aromatic N) is 2. The summed E-state index contributed by atoms with van der Waals surface area (Å²) in [6.45, 7) is 2.91. The fourth-order valence-electron chi connectivity index (χ4n) is 2.09. The van der Waals surface area contributed by atoms with Gasteiger partial charge in [-0.05, 0) is 19.1 Å².